The molecule has 0 radical (unpaired) electrons. The van der Waals surface area contributed by atoms with Crippen LogP contribution in [-0.4, -0.2) is 61.2 Å². The summed E-state index contributed by atoms with van der Waals surface area (Å²) in [5.74, 6) is 0. The van der Waals surface area contributed by atoms with Crippen LogP contribution in [0.25, 0.3) is 0 Å². The molecule has 1 aromatic rings. The summed E-state index contributed by atoms with van der Waals surface area (Å²) in [5.41, 5.74) is 1.49. The zero-order valence-corrected chi connectivity index (χ0v) is 12.0. The molecule has 0 saturated carbocycles. The van der Waals surface area contributed by atoms with Gasteiger partial charge in [-0.25, -0.2) is 0 Å². The molecule has 4 rings (SSSR count). The molecule has 1 aromatic heterocycles. The zero-order chi connectivity index (χ0) is 12.4. The number of nitrogens with zero attached hydrogens (tertiary/aromatic N) is 2. The fraction of sp³-hybridized carbons (Fsp3) is 0.714. The fourth-order valence-corrected chi connectivity index (χ4v) is 3.99. The summed E-state index contributed by atoms with van der Waals surface area (Å²) in [5, 5.41) is 8.19. The maximum Gasteiger partial charge on any atom is 0.0380 e. The van der Waals surface area contributed by atoms with Gasteiger partial charge in [0.25, 0.3) is 0 Å². The third-order valence-electron chi connectivity index (χ3n) is 4.29. The van der Waals surface area contributed by atoms with E-state index >= 15 is 0 Å². The predicted molar refractivity (Wildman–Crippen MR) is 77.3 cm³/mol. The van der Waals surface area contributed by atoms with Gasteiger partial charge in [-0.05, 0) is 35.4 Å². The second kappa shape index (κ2) is 5.70. The molecule has 3 nitrogen and oxygen atoms in total. The first-order valence-corrected chi connectivity index (χ1v) is 8.02. The Bertz CT molecular complexity index is 357. The van der Waals surface area contributed by atoms with Crippen molar-refractivity contribution in [3.8, 4) is 0 Å². The Labute approximate surface area is 114 Å². The van der Waals surface area contributed by atoms with Gasteiger partial charge in [0.2, 0.25) is 0 Å². The van der Waals surface area contributed by atoms with E-state index in [9.17, 15) is 0 Å². The number of hydrogen-bond donors (Lipinski definition) is 1. The first kappa shape index (κ1) is 12.6. The van der Waals surface area contributed by atoms with Crippen LogP contribution >= 0.6 is 11.3 Å². The highest BCUT2D eigenvalue weighted by Crippen LogP contribution is 2.21. The third-order valence-corrected chi connectivity index (χ3v) is 5.02. The molecular formula is C14H23N3S. The van der Waals surface area contributed by atoms with E-state index in [4.69, 9.17) is 0 Å². The minimum absolute atomic E-state index is 0.604. The predicted octanol–water partition coefficient (Wildman–Crippen LogP) is 1.27. The van der Waals surface area contributed by atoms with Crippen molar-refractivity contribution in [2.24, 2.45) is 0 Å². The zero-order valence-electron chi connectivity index (χ0n) is 11.1. The summed E-state index contributed by atoms with van der Waals surface area (Å²) in [6.45, 7) is 9.60. The second-order valence-corrected chi connectivity index (χ2v) is 6.18. The molecule has 4 heterocycles. The smallest absolute Gasteiger partial charge is 0.0380 e. The molecule has 3 aliphatic rings. The number of thiophene rings is 1. The van der Waals surface area contributed by atoms with Gasteiger partial charge in [-0.15, -0.1) is 0 Å². The van der Waals surface area contributed by atoms with Gasteiger partial charge in [-0.1, -0.05) is 6.92 Å². The van der Waals surface area contributed by atoms with Crippen molar-refractivity contribution in [2.45, 2.75) is 25.4 Å². The summed E-state index contributed by atoms with van der Waals surface area (Å²) < 4.78 is 0. The van der Waals surface area contributed by atoms with Crippen molar-refractivity contribution in [1.82, 2.24) is 15.1 Å². The lowest BCUT2D eigenvalue weighted by atomic mass is 9.95. The van der Waals surface area contributed by atoms with E-state index in [1.165, 1.54) is 44.7 Å². The van der Waals surface area contributed by atoms with Gasteiger partial charge in [0.1, 0.15) is 0 Å². The second-order valence-electron chi connectivity index (χ2n) is 5.40. The molecule has 3 fully saturated rings. The van der Waals surface area contributed by atoms with Crippen LogP contribution in [-0.2, 0) is 6.42 Å². The SMILES string of the molecule is CCNC(Cc1ccsc1)C1CN2CCN1CC2. The van der Waals surface area contributed by atoms with Crippen molar-refractivity contribution in [3.63, 3.8) is 0 Å². The quantitative estimate of drug-likeness (QED) is 0.865. The van der Waals surface area contributed by atoms with Crippen molar-refractivity contribution < 1.29 is 0 Å². The van der Waals surface area contributed by atoms with Gasteiger partial charge in [0, 0.05) is 44.8 Å². The van der Waals surface area contributed by atoms with Gasteiger partial charge in [0.15, 0.2) is 0 Å². The lowest BCUT2D eigenvalue weighted by molar-refractivity contribution is -0.00287. The molecule has 2 atom stereocenters. The van der Waals surface area contributed by atoms with Crippen LogP contribution in [0.5, 0.6) is 0 Å². The number of likely N-dealkylation sites (N-methyl/N-ethyl adjacent to an activating group) is 1. The van der Waals surface area contributed by atoms with Crippen LogP contribution in [0.1, 0.15) is 12.5 Å². The topological polar surface area (TPSA) is 18.5 Å². The highest BCUT2D eigenvalue weighted by Gasteiger charge is 2.36. The van der Waals surface area contributed by atoms with Crippen LogP contribution in [0.3, 0.4) is 0 Å². The van der Waals surface area contributed by atoms with Crippen molar-refractivity contribution >= 4 is 11.3 Å². The maximum absolute atomic E-state index is 3.71. The van der Waals surface area contributed by atoms with E-state index in [0.717, 1.165) is 6.54 Å². The summed E-state index contributed by atoms with van der Waals surface area (Å²) in [6.07, 6.45) is 1.17. The van der Waals surface area contributed by atoms with Crippen molar-refractivity contribution in [1.29, 1.82) is 0 Å². The molecule has 0 aromatic carbocycles. The molecule has 18 heavy (non-hydrogen) atoms. The molecule has 2 bridgehead atoms. The molecule has 100 valence electrons. The van der Waals surface area contributed by atoms with Crippen LogP contribution in [0.15, 0.2) is 16.8 Å². The largest absolute Gasteiger partial charge is 0.312 e. The minimum Gasteiger partial charge on any atom is -0.312 e. The van der Waals surface area contributed by atoms with Crippen LogP contribution in [0.4, 0.5) is 0 Å². The van der Waals surface area contributed by atoms with Crippen molar-refractivity contribution in [3.05, 3.63) is 22.4 Å². The molecular weight excluding hydrogens is 242 g/mol. The minimum atomic E-state index is 0.604. The Hall–Kier alpha value is -0.420. The Morgan fingerprint density at radius 3 is 2.78 bits per heavy atom. The molecule has 4 heteroatoms. The highest BCUT2D eigenvalue weighted by molar-refractivity contribution is 7.07. The maximum atomic E-state index is 3.71. The van der Waals surface area contributed by atoms with E-state index in [1.54, 1.807) is 0 Å². The van der Waals surface area contributed by atoms with Crippen LogP contribution < -0.4 is 5.32 Å². The fourth-order valence-electron chi connectivity index (χ4n) is 3.31. The number of fused-ring (bicyclic) bond motifs is 3. The summed E-state index contributed by atoms with van der Waals surface area (Å²) in [7, 11) is 0. The third kappa shape index (κ3) is 2.62. The molecule has 0 amide bonds. The van der Waals surface area contributed by atoms with E-state index < -0.39 is 0 Å². The Morgan fingerprint density at radius 2 is 2.22 bits per heavy atom. The molecule has 0 spiro atoms. The number of rotatable bonds is 5. The van der Waals surface area contributed by atoms with Crippen molar-refractivity contribution in [2.75, 3.05) is 39.3 Å². The van der Waals surface area contributed by atoms with E-state index in [2.05, 4.69) is 38.9 Å². The first-order chi connectivity index (χ1) is 8.86. The molecule has 2 unspecified atom stereocenters. The lowest BCUT2D eigenvalue weighted by Crippen LogP contribution is -2.66. The van der Waals surface area contributed by atoms with Crippen LogP contribution in [0, 0.1) is 0 Å². The van der Waals surface area contributed by atoms with Gasteiger partial charge in [0.05, 0.1) is 0 Å². The average Bonchev–Trinajstić information content (AvgIpc) is 2.92. The van der Waals surface area contributed by atoms with Crippen LogP contribution in [0.2, 0.25) is 0 Å². The number of hydrogen-bond acceptors (Lipinski definition) is 4. The van der Waals surface area contributed by atoms with E-state index in [-0.39, 0.29) is 0 Å². The van der Waals surface area contributed by atoms with Gasteiger partial charge >= 0.3 is 0 Å². The average molecular weight is 265 g/mol. The van der Waals surface area contributed by atoms with Gasteiger partial charge < -0.3 is 5.32 Å². The highest BCUT2D eigenvalue weighted by atomic mass is 32.1. The standard InChI is InChI=1S/C14H23N3S/c1-2-15-13(9-12-3-8-18-11-12)14-10-16-4-6-17(14)7-5-16/h3,8,11,13-15H,2,4-7,9-10H2,1H3. The van der Waals surface area contributed by atoms with E-state index in [0.29, 0.717) is 12.1 Å². The molecule has 1 N–H and O–H groups in total. The summed E-state index contributed by atoms with van der Waals surface area (Å²) in [6, 6.07) is 3.58. The number of piperazine rings is 3. The Kier molecular flexibility index (Phi) is 3.99. The normalized spacial score (nSPS) is 32.6. The Morgan fingerprint density at radius 1 is 1.39 bits per heavy atom. The van der Waals surface area contributed by atoms with Gasteiger partial charge in [-0.2, -0.15) is 11.3 Å². The monoisotopic (exact) mass is 265 g/mol. The lowest BCUT2D eigenvalue weighted by Gasteiger charge is -2.50. The summed E-state index contributed by atoms with van der Waals surface area (Å²) in [4.78, 5) is 5.32. The number of nitrogens with one attached hydrogen (secondary N) is 1. The molecule has 3 saturated heterocycles. The Balaban J connectivity index is 1.69. The molecule has 3 aliphatic heterocycles. The van der Waals surface area contributed by atoms with E-state index in [1.807, 2.05) is 11.3 Å². The first-order valence-electron chi connectivity index (χ1n) is 7.07. The molecule has 0 aliphatic carbocycles. The van der Waals surface area contributed by atoms with Gasteiger partial charge in [-0.3, -0.25) is 9.80 Å². The summed E-state index contributed by atoms with van der Waals surface area (Å²) >= 11 is 1.81.